The summed E-state index contributed by atoms with van der Waals surface area (Å²) in [6.45, 7) is 4.42. The van der Waals surface area contributed by atoms with Gasteiger partial charge in [0.15, 0.2) is 6.10 Å². The molecule has 2 aromatic carbocycles. The number of rotatable bonds is 7. The molecule has 1 amide bonds. The number of nitrogens with one attached hydrogen (secondary N) is 1. The van der Waals surface area contributed by atoms with E-state index < -0.39 is 6.10 Å². The van der Waals surface area contributed by atoms with E-state index in [2.05, 4.69) is 28.4 Å². The lowest BCUT2D eigenvalue weighted by atomic mass is 10.1. The Hall–Kier alpha value is -2.84. The van der Waals surface area contributed by atoms with Crippen LogP contribution >= 0.6 is 0 Å². The molecule has 0 spiro atoms. The molecular formula is C22H25N3O2. The van der Waals surface area contributed by atoms with E-state index >= 15 is 0 Å². The molecule has 1 saturated heterocycles. The van der Waals surface area contributed by atoms with Crippen LogP contribution in [0.15, 0.2) is 54.6 Å². The van der Waals surface area contributed by atoms with Gasteiger partial charge in [-0.2, -0.15) is 5.26 Å². The maximum absolute atomic E-state index is 12.5. The third-order valence-electron chi connectivity index (χ3n) is 4.90. The van der Waals surface area contributed by atoms with E-state index in [1.165, 1.54) is 18.4 Å². The summed E-state index contributed by atoms with van der Waals surface area (Å²) in [4.78, 5) is 14.9. The van der Waals surface area contributed by atoms with Crippen LogP contribution < -0.4 is 10.1 Å². The Morgan fingerprint density at radius 1 is 1.15 bits per heavy atom. The van der Waals surface area contributed by atoms with Gasteiger partial charge in [0, 0.05) is 6.54 Å². The molecule has 1 fully saturated rings. The van der Waals surface area contributed by atoms with E-state index in [4.69, 9.17) is 10.00 Å². The lowest BCUT2D eigenvalue weighted by Crippen LogP contribution is -2.42. The van der Waals surface area contributed by atoms with E-state index in [1.807, 2.05) is 18.2 Å². The first kappa shape index (κ1) is 18.9. The second-order valence-electron chi connectivity index (χ2n) is 6.81. The van der Waals surface area contributed by atoms with Crippen LogP contribution in [0.25, 0.3) is 0 Å². The van der Waals surface area contributed by atoms with Gasteiger partial charge >= 0.3 is 0 Å². The van der Waals surface area contributed by atoms with Crippen LogP contribution in [-0.2, 0) is 4.79 Å². The largest absolute Gasteiger partial charge is 0.481 e. The molecule has 5 nitrogen and oxygen atoms in total. The summed E-state index contributed by atoms with van der Waals surface area (Å²) in [6, 6.07) is 19.3. The molecular weight excluding hydrogens is 338 g/mol. The van der Waals surface area contributed by atoms with Crippen LogP contribution in [0, 0.1) is 11.3 Å². The molecule has 0 radical (unpaired) electrons. The zero-order valence-corrected chi connectivity index (χ0v) is 15.6. The molecule has 0 aromatic heterocycles. The second-order valence-corrected chi connectivity index (χ2v) is 6.81. The third kappa shape index (κ3) is 5.08. The first-order valence-corrected chi connectivity index (χ1v) is 9.41. The molecule has 1 aliphatic rings. The van der Waals surface area contributed by atoms with Gasteiger partial charge in [0.05, 0.1) is 17.7 Å². The molecule has 1 aliphatic heterocycles. The van der Waals surface area contributed by atoms with Crippen molar-refractivity contribution in [3.05, 3.63) is 65.7 Å². The first-order valence-electron chi connectivity index (χ1n) is 9.41. The summed E-state index contributed by atoms with van der Waals surface area (Å²) in [5, 5.41) is 11.9. The minimum Gasteiger partial charge on any atom is -0.481 e. The van der Waals surface area contributed by atoms with Crippen molar-refractivity contribution in [3.8, 4) is 11.8 Å². The Labute approximate surface area is 160 Å². The van der Waals surface area contributed by atoms with Crippen molar-refractivity contribution in [1.29, 1.82) is 5.26 Å². The third-order valence-corrected chi connectivity index (χ3v) is 4.90. The number of carbonyl (C=O) groups excluding carboxylic acids is 1. The minimum atomic E-state index is -0.604. The van der Waals surface area contributed by atoms with Crippen molar-refractivity contribution in [2.24, 2.45) is 0 Å². The highest BCUT2D eigenvalue weighted by molar-refractivity contribution is 5.80. The molecule has 0 aliphatic carbocycles. The summed E-state index contributed by atoms with van der Waals surface area (Å²) < 4.78 is 5.70. The average Bonchev–Trinajstić information content (AvgIpc) is 3.24. The smallest absolute Gasteiger partial charge is 0.260 e. The Morgan fingerprint density at radius 3 is 2.44 bits per heavy atom. The highest BCUT2D eigenvalue weighted by atomic mass is 16.5. The SMILES string of the molecule is CC(Oc1ccc(C#N)cc1)C(=O)NCC(c1ccccc1)N1CCCC1. The van der Waals surface area contributed by atoms with Crippen LogP contribution in [0.2, 0.25) is 0 Å². The minimum absolute atomic E-state index is 0.139. The van der Waals surface area contributed by atoms with Crippen molar-refractivity contribution >= 4 is 5.91 Å². The number of nitrogens with zero attached hydrogens (tertiary/aromatic N) is 2. The molecule has 0 bridgehead atoms. The van der Waals surface area contributed by atoms with Crippen molar-refractivity contribution in [2.45, 2.75) is 31.9 Å². The van der Waals surface area contributed by atoms with E-state index in [1.54, 1.807) is 31.2 Å². The summed E-state index contributed by atoms with van der Waals surface area (Å²) in [5.74, 6) is 0.440. The molecule has 140 valence electrons. The Balaban J connectivity index is 1.58. The fourth-order valence-corrected chi connectivity index (χ4v) is 3.39. The number of amides is 1. The average molecular weight is 363 g/mol. The van der Waals surface area contributed by atoms with E-state index in [9.17, 15) is 4.79 Å². The maximum atomic E-state index is 12.5. The van der Waals surface area contributed by atoms with Crippen LogP contribution in [0.5, 0.6) is 5.75 Å². The molecule has 2 unspecified atom stereocenters. The van der Waals surface area contributed by atoms with Gasteiger partial charge in [-0.05, 0) is 62.7 Å². The molecule has 0 saturated carbocycles. The fourth-order valence-electron chi connectivity index (χ4n) is 3.39. The van der Waals surface area contributed by atoms with Crippen molar-refractivity contribution in [2.75, 3.05) is 19.6 Å². The first-order chi connectivity index (χ1) is 13.2. The van der Waals surface area contributed by atoms with Gasteiger partial charge in [0.25, 0.3) is 5.91 Å². The van der Waals surface area contributed by atoms with Gasteiger partial charge in [0.1, 0.15) is 5.75 Å². The quantitative estimate of drug-likeness (QED) is 0.820. The highest BCUT2D eigenvalue weighted by Gasteiger charge is 2.25. The number of likely N-dealkylation sites (tertiary alicyclic amines) is 1. The number of nitriles is 1. The van der Waals surface area contributed by atoms with E-state index in [0.717, 1.165) is 13.1 Å². The second kappa shape index (κ2) is 9.20. The standard InChI is InChI=1S/C22H25N3O2/c1-17(27-20-11-9-18(15-23)10-12-20)22(26)24-16-21(25-13-5-6-14-25)19-7-3-2-4-8-19/h2-4,7-12,17,21H,5-6,13-14,16H2,1H3,(H,24,26). The fraction of sp³-hybridized carbons (Fsp3) is 0.364. The topological polar surface area (TPSA) is 65.4 Å². The summed E-state index contributed by atoms with van der Waals surface area (Å²) in [6.07, 6.45) is 1.80. The normalized spacial score (nSPS) is 16.3. The Kier molecular flexibility index (Phi) is 6.45. The molecule has 1 heterocycles. The van der Waals surface area contributed by atoms with Crippen molar-refractivity contribution < 1.29 is 9.53 Å². The Morgan fingerprint density at radius 2 is 1.81 bits per heavy atom. The van der Waals surface area contributed by atoms with Gasteiger partial charge < -0.3 is 10.1 Å². The van der Waals surface area contributed by atoms with Crippen LogP contribution in [0.4, 0.5) is 0 Å². The molecule has 5 heteroatoms. The molecule has 2 aromatic rings. The van der Waals surface area contributed by atoms with Gasteiger partial charge in [-0.15, -0.1) is 0 Å². The monoisotopic (exact) mass is 363 g/mol. The molecule has 2 atom stereocenters. The van der Waals surface area contributed by atoms with Gasteiger partial charge in [-0.1, -0.05) is 30.3 Å². The maximum Gasteiger partial charge on any atom is 0.260 e. The van der Waals surface area contributed by atoms with Crippen LogP contribution in [0.1, 0.15) is 36.9 Å². The van der Waals surface area contributed by atoms with Gasteiger partial charge in [0.2, 0.25) is 0 Å². The summed E-state index contributed by atoms with van der Waals surface area (Å²) in [7, 11) is 0. The number of hydrogen-bond donors (Lipinski definition) is 1. The predicted molar refractivity (Wildman–Crippen MR) is 104 cm³/mol. The van der Waals surface area contributed by atoms with E-state index in [0.29, 0.717) is 17.9 Å². The molecule has 3 rings (SSSR count). The van der Waals surface area contributed by atoms with Gasteiger partial charge in [-0.3, -0.25) is 9.69 Å². The van der Waals surface area contributed by atoms with Crippen molar-refractivity contribution in [3.63, 3.8) is 0 Å². The van der Waals surface area contributed by atoms with Crippen molar-refractivity contribution in [1.82, 2.24) is 10.2 Å². The van der Waals surface area contributed by atoms with Crippen LogP contribution in [0.3, 0.4) is 0 Å². The number of ether oxygens (including phenoxy) is 1. The number of benzene rings is 2. The Bertz CT molecular complexity index is 777. The molecule has 27 heavy (non-hydrogen) atoms. The zero-order chi connectivity index (χ0) is 19.1. The lowest BCUT2D eigenvalue weighted by Gasteiger charge is -2.28. The number of carbonyl (C=O) groups is 1. The molecule has 1 N–H and O–H groups in total. The predicted octanol–water partition coefficient (Wildman–Crippen LogP) is 3.28. The number of hydrogen-bond acceptors (Lipinski definition) is 4. The van der Waals surface area contributed by atoms with Crippen LogP contribution in [-0.4, -0.2) is 36.5 Å². The summed E-state index contributed by atoms with van der Waals surface area (Å²) >= 11 is 0. The van der Waals surface area contributed by atoms with E-state index in [-0.39, 0.29) is 11.9 Å². The summed E-state index contributed by atoms with van der Waals surface area (Å²) in [5.41, 5.74) is 1.79. The van der Waals surface area contributed by atoms with Gasteiger partial charge in [-0.25, -0.2) is 0 Å². The zero-order valence-electron chi connectivity index (χ0n) is 15.6. The highest BCUT2D eigenvalue weighted by Crippen LogP contribution is 2.24. The lowest BCUT2D eigenvalue weighted by molar-refractivity contribution is -0.127.